The molecule has 1 aromatic carbocycles. The molecule has 0 unspecified atom stereocenters. The van der Waals surface area contributed by atoms with Crippen LogP contribution in [0.1, 0.15) is 11.1 Å². The number of rotatable bonds is 3. The van der Waals surface area contributed by atoms with Gasteiger partial charge in [0.25, 0.3) is 0 Å². The first-order chi connectivity index (χ1) is 9.69. The predicted molar refractivity (Wildman–Crippen MR) is 78.8 cm³/mol. The van der Waals surface area contributed by atoms with Gasteiger partial charge in [-0.05, 0) is 24.1 Å². The molecule has 2 heterocycles. The molecule has 2 N–H and O–H groups in total. The second kappa shape index (κ2) is 4.85. The summed E-state index contributed by atoms with van der Waals surface area (Å²) in [6.07, 6.45) is 0. The van der Waals surface area contributed by atoms with Crippen LogP contribution in [0, 0.1) is 6.92 Å². The minimum absolute atomic E-state index is 0.462. The maximum Gasteiger partial charge on any atom is 0.215 e. The Kier molecular flexibility index (Phi) is 3.02. The van der Waals surface area contributed by atoms with Gasteiger partial charge in [-0.25, -0.2) is 4.98 Å². The second-order valence-electron chi connectivity index (χ2n) is 4.68. The van der Waals surface area contributed by atoms with Crippen LogP contribution in [0.4, 0.5) is 5.95 Å². The van der Waals surface area contributed by atoms with Crippen molar-refractivity contribution in [2.75, 3.05) is 12.8 Å². The summed E-state index contributed by atoms with van der Waals surface area (Å²) in [5, 5.41) is 0. The first-order valence-electron chi connectivity index (χ1n) is 6.40. The van der Waals surface area contributed by atoms with Crippen LogP contribution in [0.3, 0.4) is 0 Å². The van der Waals surface area contributed by atoms with Gasteiger partial charge < -0.3 is 10.5 Å². The summed E-state index contributed by atoms with van der Waals surface area (Å²) < 4.78 is 7.07. The summed E-state index contributed by atoms with van der Waals surface area (Å²) >= 11 is 0. The van der Waals surface area contributed by atoms with Crippen molar-refractivity contribution >= 4 is 17.1 Å². The number of aromatic nitrogens is 3. The van der Waals surface area contributed by atoms with E-state index in [4.69, 9.17) is 10.5 Å². The molecule has 20 heavy (non-hydrogen) atoms. The first-order valence-corrected chi connectivity index (χ1v) is 6.40. The van der Waals surface area contributed by atoms with Crippen molar-refractivity contribution in [3.63, 3.8) is 0 Å². The van der Waals surface area contributed by atoms with Crippen molar-refractivity contribution in [2.24, 2.45) is 0 Å². The number of anilines is 1. The number of nitrogens with zero attached hydrogens (tertiary/aromatic N) is 3. The Morgan fingerprint density at radius 1 is 1.15 bits per heavy atom. The number of imidazole rings is 1. The summed E-state index contributed by atoms with van der Waals surface area (Å²) in [7, 11) is 1.60. The van der Waals surface area contributed by atoms with Crippen molar-refractivity contribution < 1.29 is 4.74 Å². The molecule has 0 saturated carbocycles. The van der Waals surface area contributed by atoms with E-state index in [-0.39, 0.29) is 0 Å². The highest BCUT2D eigenvalue weighted by molar-refractivity contribution is 5.75. The molecule has 5 heteroatoms. The Labute approximate surface area is 117 Å². The summed E-state index contributed by atoms with van der Waals surface area (Å²) in [5.74, 6) is 1.02. The number of hydrogen-bond acceptors (Lipinski definition) is 4. The van der Waals surface area contributed by atoms with Crippen molar-refractivity contribution in [3.8, 4) is 5.88 Å². The average Bonchev–Trinajstić information content (AvgIpc) is 2.77. The lowest BCUT2D eigenvalue weighted by Crippen LogP contribution is -2.06. The lowest BCUT2D eigenvalue weighted by molar-refractivity contribution is 0.399. The number of pyridine rings is 1. The Bertz CT molecular complexity index is 764. The maximum absolute atomic E-state index is 6.01. The lowest BCUT2D eigenvalue weighted by Gasteiger charge is -2.09. The zero-order valence-corrected chi connectivity index (χ0v) is 11.5. The minimum Gasteiger partial charge on any atom is -0.481 e. The number of methoxy groups -OCH3 is 1. The fourth-order valence-electron chi connectivity index (χ4n) is 2.23. The van der Waals surface area contributed by atoms with Gasteiger partial charge in [-0.1, -0.05) is 24.3 Å². The fourth-order valence-corrected chi connectivity index (χ4v) is 2.23. The molecule has 3 aromatic rings. The molecule has 0 atom stereocenters. The van der Waals surface area contributed by atoms with E-state index in [1.54, 1.807) is 13.2 Å². The Balaban J connectivity index is 2.11. The van der Waals surface area contributed by atoms with E-state index in [9.17, 15) is 0 Å². The van der Waals surface area contributed by atoms with Crippen LogP contribution < -0.4 is 10.5 Å². The van der Waals surface area contributed by atoms with Gasteiger partial charge >= 0.3 is 0 Å². The maximum atomic E-state index is 6.01. The molecule has 102 valence electrons. The van der Waals surface area contributed by atoms with Crippen LogP contribution in [-0.4, -0.2) is 21.6 Å². The van der Waals surface area contributed by atoms with E-state index in [0.717, 1.165) is 11.2 Å². The quantitative estimate of drug-likeness (QED) is 0.792. The summed E-state index contributed by atoms with van der Waals surface area (Å²) in [6.45, 7) is 2.73. The van der Waals surface area contributed by atoms with Gasteiger partial charge in [0.2, 0.25) is 11.8 Å². The van der Waals surface area contributed by atoms with E-state index >= 15 is 0 Å². The second-order valence-corrected chi connectivity index (χ2v) is 4.68. The number of ether oxygens (including phenoxy) is 1. The fraction of sp³-hybridized carbons (Fsp3) is 0.200. The third-order valence-corrected chi connectivity index (χ3v) is 3.40. The normalized spacial score (nSPS) is 10.9. The molecule has 0 aliphatic heterocycles. The van der Waals surface area contributed by atoms with Crippen LogP contribution in [0.15, 0.2) is 36.4 Å². The molecule has 3 rings (SSSR count). The molecule has 0 radical (unpaired) electrons. The first kappa shape index (κ1) is 12.5. The molecule has 5 nitrogen and oxygen atoms in total. The Hall–Kier alpha value is -2.56. The van der Waals surface area contributed by atoms with E-state index < -0.39 is 0 Å². The van der Waals surface area contributed by atoms with Gasteiger partial charge in [0, 0.05) is 6.07 Å². The molecule has 0 amide bonds. The summed E-state index contributed by atoms with van der Waals surface area (Å²) in [6, 6.07) is 11.9. The predicted octanol–water partition coefficient (Wildman–Crippen LogP) is 2.38. The standard InChI is InChI=1S/C15H16N4O/c1-10-5-3-4-6-11(10)9-19-14-12(17-15(19)16)7-8-13(18-14)20-2/h3-8H,9H2,1-2H3,(H2,16,17). The highest BCUT2D eigenvalue weighted by Crippen LogP contribution is 2.21. The largest absolute Gasteiger partial charge is 0.481 e. The molecule has 0 spiro atoms. The van der Waals surface area contributed by atoms with Crippen molar-refractivity contribution in [1.82, 2.24) is 14.5 Å². The van der Waals surface area contributed by atoms with Gasteiger partial charge in [-0.3, -0.25) is 4.57 Å². The SMILES string of the molecule is COc1ccc2nc(N)n(Cc3ccccc3C)c2n1. The van der Waals surface area contributed by atoms with Crippen LogP contribution in [0.5, 0.6) is 5.88 Å². The number of nitrogens with two attached hydrogens (primary N) is 1. The summed E-state index contributed by atoms with van der Waals surface area (Å²) in [4.78, 5) is 8.78. The van der Waals surface area contributed by atoms with Crippen molar-refractivity contribution in [1.29, 1.82) is 0 Å². The lowest BCUT2D eigenvalue weighted by atomic mass is 10.1. The van der Waals surface area contributed by atoms with Gasteiger partial charge in [0.15, 0.2) is 5.65 Å². The molecule has 0 aliphatic rings. The molecule has 0 bridgehead atoms. The molecule has 0 saturated heterocycles. The highest BCUT2D eigenvalue weighted by Gasteiger charge is 2.11. The van der Waals surface area contributed by atoms with Crippen LogP contribution in [-0.2, 0) is 6.54 Å². The topological polar surface area (TPSA) is 66.0 Å². The van der Waals surface area contributed by atoms with E-state index in [1.165, 1.54) is 11.1 Å². The third-order valence-electron chi connectivity index (χ3n) is 3.40. The molecular formula is C15H16N4O. The molecule has 2 aromatic heterocycles. The molecular weight excluding hydrogens is 252 g/mol. The van der Waals surface area contributed by atoms with E-state index in [2.05, 4.69) is 29.0 Å². The Morgan fingerprint density at radius 3 is 2.70 bits per heavy atom. The monoisotopic (exact) mass is 268 g/mol. The van der Waals surface area contributed by atoms with Gasteiger partial charge in [0.1, 0.15) is 5.52 Å². The van der Waals surface area contributed by atoms with Gasteiger partial charge in [-0.2, -0.15) is 4.98 Å². The van der Waals surface area contributed by atoms with E-state index in [1.807, 2.05) is 22.8 Å². The number of hydrogen-bond donors (Lipinski definition) is 1. The van der Waals surface area contributed by atoms with Crippen LogP contribution >= 0.6 is 0 Å². The van der Waals surface area contributed by atoms with Gasteiger partial charge in [-0.15, -0.1) is 0 Å². The van der Waals surface area contributed by atoms with Crippen molar-refractivity contribution in [3.05, 3.63) is 47.5 Å². The number of aryl methyl sites for hydroxylation is 1. The number of benzene rings is 1. The third kappa shape index (κ3) is 2.07. The summed E-state index contributed by atoms with van der Waals surface area (Å²) in [5.41, 5.74) is 9.95. The zero-order valence-electron chi connectivity index (χ0n) is 11.5. The average molecular weight is 268 g/mol. The number of fused-ring (bicyclic) bond motifs is 1. The Morgan fingerprint density at radius 2 is 1.95 bits per heavy atom. The van der Waals surface area contributed by atoms with Crippen LogP contribution in [0.2, 0.25) is 0 Å². The van der Waals surface area contributed by atoms with Crippen LogP contribution in [0.25, 0.3) is 11.2 Å². The molecule has 0 aliphatic carbocycles. The highest BCUT2D eigenvalue weighted by atomic mass is 16.5. The zero-order chi connectivity index (χ0) is 14.1. The van der Waals surface area contributed by atoms with Crippen molar-refractivity contribution in [2.45, 2.75) is 13.5 Å². The smallest absolute Gasteiger partial charge is 0.215 e. The van der Waals surface area contributed by atoms with E-state index in [0.29, 0.717) is 18.4 Å². The minimum atomic E-state index is 0.462. The van der Waals surface area contributed by atoms with Gasteiger partial charge in [0.05, 0.1) is 13.7 Å². The molecule has 0 fully saturated rings. The number of nitrogen functional groups attached to an aromatic ring is 1.